The number of sulfonamides is 2. The second kappa shape index (κ2) is 12.5. The van der Waals surface area contributed by atoms with Crippen LogP contribution in [0, 0.1) is 12.8 Å². The summed E-state index contributed by atoms with van der Waals surface area (Å²) >= 11 is 1.13. The number of likely N-dealkylation sites (N-methyl/N-ethyl adjacent to an activating group) is 1. The maximum Gasteiger partial charge on any atom is 0.261 e. The van der Waals surface area contributed by atoms with Crippen LogP contribution in [0.25, 0.3) is 0 Å². The first-order valence-corrected chi connectivity index (χ1v) is 16.9. The Morgan fingerprint density at radius 1 is 1.15 bits per heavy atom. The number of nitrogens with zero attached hydrogens (tertiary/aromatic N) is 2. The minimum Gasteiger partial charge on any atom is -0.488 e. The van der Waals surface area contributed by atoms with Gasteiger partial charge in [0.2, 0.25) is 5.91 Å². The van der Waals surface area contributed by atoms with E-state index in [0.717, 1.165) is 16.9 Å². The SMILES string of the molecule is Cc1ccc(S(=O)(=O)Nc2ccc3c(c2)CC(=O)N([C@@H](C)CO)C[C@@H](C)[C@H](CN(C)S(=O)(=O)c2cccs2)O3)cc1. The number of benzene rings is 2. The molecular weight excluding hydrogens is 587 g/mol. The lowest BCUT2D eigenvalue weighted by Gasteiger charge is -2.33. The molecule has 0 fully saturated rings. The zero-order chi connectivity index (χ0) is 29.9. The molecule has 41 heavy (non-hydrogen) atoms. The van der Waals surface area contributed by atoms with E-state index in [0.29, 0.717) is 11.3 Å². The standard InChI is InChI=1S/C28H35N3O7S3/c1-19-7-10-24(11-8-19)40(34,35)29-23-9-12-25-22(14-23)15-27(33)31(21(3)18-32)16-20(2)26(38-25)17-30(4)41(36,37)28-6-5-13-39-28/h5-14,20-21,26,29,32H,15-18H2,1-4H3/t20-,21+,26+/m1/s1. The van der Waals surface area contributed by atoms with Gasteiger partial charge in [0.05, 0.1) is 30.5 Å². The number of anilines is 1. The molecular formula is C28H35N3O7S3. The third-order valence-corrected chi connectivity index (χ3v) is 11.7. The van der Waals surface area contributed by atoms with Gasteiger partial charge >= 0.3 is 0 Å². The van der Waals surface area contributed by atoms with Gasteiger partial charge in [-0.05, 0) is 55.6 Å². The number of carbonyl (C=O) groups is 1. The molecule has 0 spiro atoms. The molecule has 0 radical (unpaired) electrons. The third-order valence-electron chi connectivity index (χ3n) is 7.10. The molecule has 1 aliphatic heterocycles. The molecule has 0 unspecified atom stereocenters. The molecule has 1 amide bonds. The highest BCUT2D eigenvalue weighted by Gasteiger charge is 2.34. The maximum absolute atomic E-state index is 13.4. The summed E-state index contributed by atoms with van der Waals surface area (Å²) in [4.78, 5) is 15.1. The fraction of sp³-hybridized carbons (Fsp3) is 0.393. The molecule has 3 aromatic rings. The Morgan fingerprint density at radius 2 is 1.85 bits per heavy atom. The van der Waals surface area contributed by atoms with Gasteiger partial charge in [0.15, 0.2) is 0 Å². The molecule has 2 aromatic carbocycles. The third kappa shape index (κ3) is 7.09. The Kier molecular flexibility index (Phi) is 9.44. The van der Waals surface area contributed by atoms with Gasteiger partial charge in [-0.3, -0.25) is 9.52 Å². The molecule has 3 atom stereocenters. The van der Waals surface area contributed by atoms with Crippen molar-refractivity contribution in [1.29, 1.82) is 0 Å². The molecule has 0 saturated heterocycles. The number of aliphatic hydroxyl groups excluding tert-OH is 1. The second-order valence-electron chi connectivity index (χ2n) is 10.3. The van der Waals surface area contributed by atoms with Gasteiger partial charge in [-0.15, -0.1) is 11.3 Å². The zero-order valence-corrected chi connectivity index (χ0v) is 25.8. The highest BCUT2D eigenvalue weighted by molar-refractivity contribution is 7.92. The lowest BCUT2D eigenvalue weighted by atomic mass is 10.0. The van der Waals surface area contributed by atoms with Crippen molar-refractivity contribution in [2.24, 2.45) is 5.92 Å². The number of hydrogen-bond donors (Lipinski definition) is 2. The van der Waals surface area contributed by atoms with Crippen LogP contribution in [-0.2, 0) is 31.3 Å². The van der Waals surface area contributed by atoms with E-state index in [1.165, 1.54) is 23.5 Å². The van der Waals surface area contributed by atoms with Crippen molar-refractivity contribution in [3.8, 4) is 5.75 Å². The molecule has 1 aliphatic rings. The van der Waals surface area contributed by atoms with Gasteiger partial charge in [-0.25, -0.2) is 16.8 Å². The molecule has 0 saturated carbocycles. The summed E-state index contributed by atoms with van der Waals surface area (Å²) in [6, 6.07) is 13.9. The first-order valence-electron chi connectivity index (χ1n) is 13.1. The quantitative estimate of drug-likeness (QED) is 0.375. The Labute approximate surface area is 245 Å². The molecule has 2 N–H and O–H groups in total. The van der Waals surface area contributed by atoms with E-state index in [1.54, 1.807) is 59.7 Å². The average molecular weight is 622 g/mol. The van der Waals surface area contributed by atoms with Gasteiger partial charge in [0, 0.05) is 30.8 Å². The Bertz CT molecular complexity index is 1570. The lowest BCUT2D eigenvalue weighted by Crippen LogP contribution is -2.48. The highest BCUT2D eigenvalue weighted by Crippen LogP contribution is 2.31. The first-order chi connectivity index (χ1) is 19.3. The number of aliphatic hydroxyl groups is 1. The summed E-state index contributed by atoms with van der Waals surface area (Å²) in [6.45, 7) is 5.47. The van der Waals surface area contributed by atoms with E-state index in [9.17, 15) is 26.7 Å². The second-order valence-corrected chi connectivity index (χ2v) is 15.2. The monoisotopic (exact) mass is 621 g/mol. The van der Waals surface area contributed by atoms with Crippen molar-refractivity contribution in [1.82, 2.24) is 9.21 Å². The number of carbonyl (C=O) groups excluding carboxylic acids is 1. The summed E-state index contributed by atoms with van der Waals surface area (Å²) in [5.41, 5.74) is 1.62. The molecule has 222 valence electrons. The molecule has 0 aliphatic carbocycles. The van der Waals surface area contributed by atoms with Gasteiger partial charge in [-0.2, -0.15) is 4.31 Å². The van der Waals surface area contributed by atoms with E-state index in [1.807, 2.05) is 13.8 Å². The van der Waals surface area contributed by atoms with Crippen molar-refractivity contribution in [3.63, 3.8) is 0 Å². The van der Waals surface area contributed by atoms with Crippen LogP contribution in [0.15, 0.2) is 69.1 Å². The van der Waals surface area contributed by atoms with Crippen molar-refractivity contribution in [2.45, 2.75) is 48.4 Å². The van der Waals surface area contributed by atoms with Gasteiger partial charge in [0.25, 0.3) is 20.0 Å². The molecule has 10 nitrogen and oxygen atoms in total. The number of nitrogens with one attached hydrogen (secondary N) is 1. The predicted octanol–water partition coefficient (Wildman–Crippen LogP) is 3.33. The average Bonchev–Trinajstić information content (AvgIpc) is 3.48. The van der Waals surface area contributed by atoms with E-state index in [2.05, 4.69) is 4.72 Å². The number of ether oxygens (including phenoxy) is 1. The Hall–Kier alpha value is -2.97. The summed E-state index contributed by atoms with van der Waals surface area (Å²) in [5.74, 6) is -0.212. The van der Waals surface area contributed by atoms with Crippen molar-refractivity contribution in [2.75, 3.05) is 31.5 Å². The Balaban J connectivity index is 1.68. The van der Waals surface area contributed by atoms with Crippen LogP contribution >= 0.6 is 11.3 Å². The largest absolute Gasteiger partial charge is 0.488 e. The maximum atomic E-state index is 13.4. The van der Waals surface area contributed by atoms with Crippen LogP contribution in [0.4, 0.5) is 5.69 Å². The molecule has 13 heteroatoms. The molecule has 0 bridgehead atoms. The topological polar surface area (TPSA) is 133 Å². The van der Waals surface area contributed by atoms with E-state index < -0.39 is 32.2 Å². The predicted molar refractivity (Wildman–Crippen MR) is 158 cm³/mol. The van der Waals surface area contributed by atoms with E-state index in [-0.39, 0.29) is 52.7 Å². The molecule has 1 aromatic heterocycles. The molecule has 4 rings (SSSR count). The highest BCUT2D eigenvalue weighted by atomic mass is 32.2. The fourth-order valence-electron chi connectivity index (χ4n) is 4.56. The smallest absolute Gasteiger partial charge is 0.261 e. The fourth-order valence-corrected chi connectivity index (χ4v) is 7.99. The van der Waals surface area contributed by atoms with Crippen LogP contribution in [-0.4, -0.2) is 75.9 Å². The lowest BCUT2D eigenvalue weighted by molar-refractivity contribution is -0.134. The number of amides is 1. The normalized spacial score (nSPS) is 19.1. The first kappa shape index (κ1) is 31.0. The van der Waals surface area contributed by atoms with Crippen molar-refractivity contribution < 1.29 is 31.5 Å². The van der Waals surface area contributed by atoms with Gasteiger partial charge in [0.1, 0.15) is 16.1 Å². The van der Waals surface area contributed by atoms with E-state index in [4.69, 9.17) is 4.74 Å². The van der Waals surface area contributed by atoms with Crippen molar-refractivity contribution in [3.05, 3.63) is 71.1 Å². The number of thiophene rings is 1. The number of aryl methyl sites for hydroxylation is 1. The summed E-state index contributed by atoms with van der Waals surface area (Å²) in [5, 5.41) is 11.5. The summed E-state index contributed by atoms with van der Waals surface area (Å²) in [6.07, 6.45) is -0.745. The van der Waals surface area contributed by atoms with Gasteiger partial charge < -0.3 is 14.7 Å². The van der Waals surface area contributed by atoms with Crippen LogP contribution in [0.5, 0.6) is 5.75 Å². The molecule has 2 heterocycles. The van der Waals surface area contributed by atoms with Crippen LogP contribution in [0.3, 0.4) is 0 Å². The summed E-state index contributed by atoms with van der Waals surface area (Å²) < 4.78 is 62.7. The number of fused-ring (bicyclic) bond motifs is 1. The Morgan fingerprint density at radius 3 is 2.49 bits per heavy atom. The summed E-state index contributed by atoms with van der Waals surface area (Å²) in [7, 11) is -6.15. The van der Waals surface area contributed by atoms with E-state index >= 15 is 0 Å². The van der Waals surface area contributed by atoms with Gasteiger partial charge in [-0.1, -0.05) is 30.7 Å². The van der Waals surface area contributed by atoms with Crippen LogP contribution < -0.4 is 9.46 Å². The van der Waals surface area contributed by atoms with Crippen molar-refractivity contribution >= 4 is 43.0 Å². The van der Waals surface area contributed by atoms with Crippen LogP contribution in [0.2, 0.25) is 0 Å². The van der Waals surface area contributed by atoms with Crippen LogP contribution in [0.1, 0.15) is 25.0 Å². The minimum atomic E-state index is -3.89. The zero-order valence-electron chi connectivity index (χ0n) is 23.3. The number of rotatable bonds is 9. The minimum absolute atomic E-state index is 0.0121. The number of hydrogen-bond acceptors (Lipinski definition) is 8.